The van der Waals surface area contributed by atoms with Crippen LogP contribution in [0.1, 0.15) is 5.56 Å². The van der Waals surface area contributed by atoms with Gasteiger partial charge >= 0.3 is 18.2 Å². The molecule has 1 unspecified atom stereocenters. The third kappa shape index (κ3) is 7.51. The summed E-state index contributed by atoms with van der Waals surface area (Å²) in [6.07, 6.45) is -0.342. The van der Waals surface area contributed by atoms with Crippen molar-refractivity contribution in [2.75, 3.05) is 13.2 Å². The monoisotopic (exact) mass is 322 g/mol. The SMILES string of the molecule is C=CCOC(=O)NCC(NC(=O)OCc1ccccc1)C(=O)O. The Morgan fingerprint density at radius 1 is 1.17 bits per heavy atom. The summed E-state index contributed by atoms with van der Waals surface area (Å²) in [4.78, 5) is 33.9. The highest BCUT2D eigenvalue weighted by molar-refractivity contribution is 5.80. The van der Waals surface area contributed by atoms with Crippen LogP contribution in [0.2, 0.25) is 0 Å². The molecule has 0 bridgehead atoms. The number of amides is 2. The third-order valence-corrected chi connectivity index (χ3v) is 2.59. The first-order chi connectivity index (χ1) is 11.0. The Kier molecular flexibility index (Phi) is 7.70. The quantitative estimate of drug-likeness (QED) is 0.621. The molecular formula is C15H18N2O6. The highest BCUT2D eigenvalue weighted by Crippen LogP contribution is 2.00. The van der Waals surface area contributed by atoms with Gasteiger partial charge in [-0.2, -0.15) is 0 Å². The van der Waals surface area contributed by atoms with Gasteiger partial charge in [-0.3, -0.25) is 0 Å². The first kappa shape index (κ1) is 18.0. The highest BCUT2D eigenvalue weighted by atomic mass is 16.6. The van der Waals surface area contributed by atoms with Crippen LogP contribution in [0.5, 0.6) is 0 Å². The van der Waals surface area contributed by atoms with E-state index < -0.39 is 24.2 Å². The zero-order valence-corrected chi connectivity index (χ0v) is 12.4. The average molecular weight is 322 g/mol. The van der Waals surface area contributed by atoms with Crippen LogP contribution in [0, 0.1) is 0 Å². The number of carboxylic acid groups (broad SMARTS) is 1. The summed E-state index contributed by atoms with van der Waals surface area (Å²) in [7, 11) is 0. The summed E-state index contributed by atoms with van der Waals surface area (Å²) in [5, 5.41) is 13.4. The number of hydrogen-bond acceptors (Lipinski definition) is 5. The molecule has 23 heavy (non-hydrogen) atoms. The van der Waals surface area contributed by atoms with Crippen LogP contribution in [-0.4, -0.2) is 42.5 Å². The van der Waals surface area contributed by atoms with E-state index in [9.17, 15) is 14.4 Å². The molecule has 0 saturated heterocycles. The van der Waals surface area contributed by atoms with Crippen molar-refractivity contribution in [3.8, 4) is 0 Å². The van der Waals surface area contributed by atoms with Crippen LogP contribution in [0.4, 0.5) is 9.59 Å². The normalized spacial score (nSPS) is 11.0. The standard InChI is InChI=1S/C15H18N2O6/c1-2-8-22-14(20)16-9-12(13(18)19)17-15(21)23-10-11-6-4-3-5-7-11/h2-7,12H,1,8-10H2,(H,16,20)(H,17,21)(H,18,19). The molecule has 0 fully saturated rings. The fourth-order valence-electron chi connectivity index (χ4n) is 1.48. The molecule has 0 aliphatic rings. The van der Waals surface area contributed by atoms with E-state index in [1.54, 1.807) is 24.3 Å². The van der Waals surface area contributed by atoms with Crippen molar-refractivity contribution in [2.45, 2.75) is 12.6 Å². The zero-order valence-electron chi connectivity index (χ0n) is 12.4. The molecule has 0 aromatic heterocycles. The molecule has 1 aromatic rings. The highest BCUT2D eigenvalue weighted by Gasteiger charge is 2.21. The molecule has 8 heteroatoms. The van der Waals surface area contributed by atoms with Gasteiger partial charge in [0.25, 0.3) is 0 Å². The van der Waals surface area contributed by atoms with Gasteiger partial charge < -0.3 is 25.2 Å². The second kappa shape index (κ2) is 9.82. The molecule has 1 aromatic carbocycles. The van der Waals surface area contributed by atoms with Gasteiger partial charge in [0.05, 0.1) is 6.54 Å². The van der Waals surface area contributed by atoms with Gasteiger partial charge in [-0.15, -0.1) is 0 Å². The number of nitrogens with one attached hydrogen (secondary N) is 2. The van der Waals surface area contributed by atoms with E-state index in [2.05, 4.69) is 21.9 Å². The lowest BCUT2D eigenvalue weighted by atomic mass is 10.2. The topological polar surface area (TPSA) is 114 Å². The fraction of sp³-hybridized carbons (Fsp3) is 0.267. The van der Waals surface area contributed by atoms with Gasteiger partial charge in [0.15, 0.2) is 0 Å². The summed E-state index contributed by atoms with van der Waals surface area (Å²) < 4.78 is 9.54. The molecule has 0 saturated carbocycles. The molecule has 2 amide bonds. The van der Waals surface area contributed by atoms with E-state index in [-0.39, 0.29) is 19.8 Å². The number of carbonyl (C=O) groups excluding carboxylic acids is 2. The van der Waals surface area contributed by atoms with E-state index in [0.717, 1.165) is 5.56 Å². The fourth-order valence-corrected chi connectivity index (χ4v) is 1.48. The third-order valence-electron chi connectivity index (χ3n) is 2.59. The van der Waals surface area contributed by atoms with Gasteiger partial charge in [0.2, 0.25) is 0 Å². The molecule has 0 aliphatic carbocycles. The van der Waals surface area contributed by atoms with E-state index in [1.807, 2.05) is 6.07 Å². The summed E-state index contributed by atoms with van der Waals surface area (Å²) in [6, 6.07) is 7.58. The minimum absolute atomic E-state index is 0.00385. The van der Waals surface area contributed by atoms with E-state index >= 15 is 0 Å². The van der Waals surface area contributed by atoms with Gasteiger partial charge in [-0.25, -0.2) is 14.4 Å². The zero-order chi connectivity index (χ0) is 17.1. The molecule has 0 radical (unpaired) electrons. The second-order valence-electron chi connectivity index (χ2n) is 4.36. The molecule has 0 spiro atoms. The summed E-state index contributed by atoms with van der Waals surface area (Å²) >= 11 is 0. The van der Waals surface area contributed by atoms with Crippen molar-refractivity contribution in [1.82, 2.24) is 10.6 Å². The number of hydrogen-bond donors (Lipinski definition) is 3. The molecule has 0 aliphatic heterocycles. The van der Waals surface area contributed by atoms with Crippen LogP contribution in [0.3, 0.4) is 0 Å². The number of alkyl carbamates (subject to hydrolysis) is 2. The smallest absolute Gasteiger partial charge is 0.408 e. The van der Waals surface area contributed by atoms with E-state index in [0.29, 0.717) is 0 Å². The average Bonchev–Trinajstić information content (AvgIpc) is 2.55. The number of aliphatic carboxylic acids is 1. The Hall–Kier alpha value is -3.03. The Bertz CT molecular complexity index is 546. The summed E-state index contributed by atoms with van der Waals surface area (Å²) in [6.45, 7) is 3.03. The first-order valence-corrected chi connectivity index (χ1v) is 6.74. The predicted molar refractivity (Wildman–Crippen MR) is 80.7 cm³/mol. The number of carboxylic acids is 1. The van der Waals surface area contributed by atoms with Gasteiger partial charge in [0.1, 0.15) is 19.3 Å². The predicted octanol–water partition coefficient (Wildman–Crippen LogP) is 1.28. The maximum atomic E-state index is 11.6. The lowest BCUT2D eigenvalue weighted by Crippen LogP contribution is -2.48. The first-order valence-electron chi connectivity index (χ1n) is 6.74. The molecular weight excluding hydrogens is 304 g/mol. The molecule has 3 N–H and O–H groups in total. The largest absolute Gasteiger partial charge is 0.480 e. The maximum Gasteiger partial charge on any atom is 0.408 e. The number of rotatable bonds is 8. The Labute approximate surface area is 133 Å². The summed E-state index contributed by atoms with van der Waals surface area (Å²) in [5.74, 6) is -1.31. The van der Waals surface area contributed by atoms with Crippen molar-refractivity contribution >= 4 is 18.2 Å². The van der Waals surface area contributed by atoms with Crippen LogP contribution in [0.15, 0.2) is 43.0 Å². The van der Waals surface area contributed by atoms with Crippen molar-refractivity contribution in [1.29, 1.82) is 0 Å². The lowest BCUT2D eigenvalue weighted by Gasteiger charge is -2.15. The van der Waals surface area contributed by atoms with Crippen LogP contribution in [0.25, 0.3) is 0 Å². The van der Waals surface area contributed by atoms with Crippen molar-refractivity contribution in [2.24, 2.45) is 0 Å². The van der Waals surface area contributed by atoms with Gasteiger partial charge in [0, 0.05) is 0 Å². The molecule has 1 atom stereocenters. The summed E-state index contributed by atoms with van der Waals surface area (Å²) in [5.41, 5.74) is 0.764. The van der Waals surface area contributed by atoms with Crippen molar-refractivity contribution in [3.63, 3.8) is 0 Å². The number of carbonyl (C=O) groups is 3. The van der Waals surface area contributed by atoms with Crippen molar-refractivity contribution in [3.05, 3.63) is 48.6 Å². The van der Waals surface area contributed by atoms with Gasteiger partial charge in [-0.1, -0.05) is 43.0 Å². The number of benzene rings is 1. The molecule has 1 rings (SSSR count). The minimum Gasteiger partial charge on any atom is -0.480 e. The Morgan fingerprint density at radius 2 is 1.87 bits per heavy atom. The van der Waals surface area contributed by atoms with Crippen molar-refractivity contribution < 1.29 is 29.0 Å². The Morgan fingerprint density at radius 3 is 2.48 bits per heavy atom. The maximum absolute atomic E-state index is 11.6. The molecule has 0 heterocycles. The van der Waals surface area contributed by atoms with Crippen LogP contribution < -0.4 is 10.6 Å². The van der Waals surface area contributed by atoms with E-state index in [4.69, 9.17) is 9.84 Å². The van der Waals surface area contributed by atoms with Crippen LogP contribution >= 0.6 is 0 Å². The lowest BCUT2D eigenvalue weighted by molar-refractivity contribution is -0.139. The van der Waals surface area contributed by atoms with Gasteiger partial charge in [-0.05, 0) is 5.56 Å². The minimum atomic E-state index is -1.34. The van der Waals surface area contributed by atoms with E-state index in [1.165, 1.54) is 6.08 Å². The second-order valence-corrected chi connectivity index (χ2v) is 4.36. The molecule has 8 nitrogen and oxygen atoms in total. The number of ether oxygens (including phenoxy) is 2. The molecule has 124 valence electrons. The van der Waals surface area contributed by atoms with Crippen LogP contribution in [-0.2, 0) is 20.9 Å². The Balaban J connectivity index is 2.39.